The van der Waals surface area contributed by atoms with Crippen LogP contribution in [0.1, 0.15) is 348 Å². The molecule has 0 aliphatic carbocycles. The summed E-state index contributed by atoms with van der Waals surface area (Å²) in [6, 6.07) is 0. The number of esters is 3. The zero-order valence-corrected chi connectivity index (χ0v) is 47.3. The Hall–Kier alpha value is -2.11. The molecule has 0 rings (SSSR count). The number of ether oxygens (including phenoxy) is 3. The van der Waals surface area contributed by atoms with Crippen LogP contribution >= 0.6 is 0 Å². The van der Waals surface area contributed by atoms with Gasteiger partial charge in [0.05, 0.1) is 0 Å². The number of carbonyl (C=O) groups excluding carboxylic acids is 3. The highest BCUT2D eigenvalue weighted by atomic mass is 16.6. The number of carbonyl (C=O) groups is 3. The van der Waals surface area contributed by atoms with Gasteiger partial charge in [0.25, 0.3) is 0 Å². The van der Waals surface area contributed by atoms with Crippen molar-refractivity contribution >= 4 is 17.9 Å². The molecule has 0 N–H and O–H groups in total. The first-order chi connectivity index (χ1) is 34.5. The summed E-state index contributed by atoms with van der Waals surface area (Å²) >= 11 is 0. The molecule has 0 spiro atoms. The SMILES string of the molecule is CCCCC/C=C\C/C=C\CCCCCCCCCCCC(=O)OC(COC(=O)CCCCCCCC)COC(=O)CCCCCCCCCCCCCCCCCCCCCCCCCCCCC. The van der Waals surface area contributed by atoms with Gasteiger partial charge in [-0.15, -0.1) is 0 Å². The van der Waals surface area contributed by atoms with Crippen molar-refractivity contribution in [2.75, 3.05) is 13.2 Å². The first kappa shape index (κ1) is 67.9. The zero-order valence-electron chi connectivity index (χ0n) is 47.3. The molecule has 0 radical (unpaired) electrons. The summed E-state index contributed by atoms with van der Waals surface area (Å²) in [7, 11) is 0. The molecular weight excluding hydrogens is 865 g/mol. The van der Waals surface area contributed by atoms with E-state index in [1.807, 2.05) is 0 Å². The van der Waals surface area contributed by atoms with E-state index < -0.39 is 6.10 Å². The highest BCUT2D eigenvalue weighted by Crippen LogP contribution is 2.18. The standard InChI is InChI=1S/C64H120O6/c1-4-7-10-13-16-18-20-22-24-26-28-29-30-31-32-33-34-35-37-38-40-42-44-46-48-51-54-57-63(66)69-60-61(59-68-62(65)56-53-50-15-12-9-6-3)70-64(67)58-55-52-49-47-45-43-41-39-36-27-25-23-21-19-17-14-11-8-5-2/h17,19,23,25,61H,4-16,18,20-22,24,26-60H2,1-3H3/b19-17-,25-23-. The molecule has 0 bridgehead atoms. The molecule has 0 amide bonds. The molecule has 0 aromatic heterocycles. The van der Waals surface area contributed by atoms with Crippen LogP contribution in [0.5, 0.6) is 0 Å². The Morgan fingerprint density at radius 1 is 0.286 bits per heavy atom. The van der Waals surface area contributed by atoms with E-state index in [2.05, 4.69) is 45.1 Å². The first-order valence-corrected chi connectivity index (χ1v) is 31.3. The molecule has 70 heavy (non-hydrogen) atoms. The highest BCUT2D eigenvalue weighted by Gasteiger charge is 2.19. The average molecular weight is 986 g/mol. The van der Waals surface area contributed by atoms with E-state index in [1.165, 1.54) is 244 Å². The Morgan fingerprint density at radius 2 is 0.514 bits per heavy atom. The second-order valence-corrected chi connectivity index (χ2v) is 21.3. The molecular formula is C64H120O6. The molecule has 0 saturated carbocycles. The fraction of sp³-hybridized carbons (Fsp3) is 0.891. The zero-order chi connectivity index (χ0) is 50.7. The normalized spacial score (nSPS) is 12.1. The predicted molar refractivity (Wildman–Crippen MR) is 303 cm³/mol. The molecule has 6 heteroatoms. The van der Waals surface area contributed by atoms with E-state index in [1.54, 1.807) is 0 Å². The van der Waals surface area contributed by atoms with Crippen molar-refractivity contribution in [3.63, 3.8) is 0 Å². The van der Waals surface area contributed by atoms with Gasteiger partial charge in [0.2, 0.25) is 0 Å². The first-order valence-electron chi connectivity index (χ1n) is 31.3. The summed E-state index contributed by atoms with van der Waals surface area (Å²) in [5.41, 5.74) is 0. The monoisotopic (exact) mass is 985 g/mol. The average Bonchev–Trinajstić information content (AvgIpc) is 3.36. The van der Waals surface area contributed by atoms with Crippen LogP contribution in [0.4, 0.5) is 0 Å². The summed E-state index contributed by atoms with van der Waals surface area (Å²) in [4.78, 5) is 37.9. The van der Waals surface area contributed by atoms with E-state index in [9.17, 15) is 14.4 Å². The van der Waals surface area contributed by atoms with Gasteiger partial charge in [0.15, 0.2) is 6.10 Å². The van der Waals surface area contributed by atoms with Gasteiger partial charge < -0.3 is 14.2 Å². The highest BCUT2D eigenvalue weighted by molar-refractivity contribution is 5.71. The van der Waals surface area contributed by atoms with Gasteiger partial charge in [-0.1, -0.05) is 302 Å². The topological polar surface area (TPSA) is 78.9 Å². The Balaban J connectivity index is 4.01. The lowest BCUT2D eigenvalue weighted by Gasteiger charge is -2.18. The van der Waals surface area contributed by atoms with Gasteiger partial charge in [-0.25, -0.2) is 0 Å². The maximum absolute atomic E-state index is 12.8. The summed E-state index contributed by atoms with van der Waals surface area (Å²) in [5.74, 6) is -0.861. The summed E-state index contributed by atoms with van der Waals surface area (Å²) in [6.45, 7) is 6.61. The fourth-order valence-electron chi connectivity index (χ4n) is 9.48. The Kier molecular flexibility index (Phi) is 57.7. The third kappa shape index (κ3) is 56.8. The fourth-order valence-corrected chi connectivity index (χ4v) is 9.48. The minimum atomic E-state index is -0.767. The van der Waals surface area contributed by atoms with Gasteiger partial charge in [-0.2, -0.15) is 0 Å². The van der Waals surface area contributed by atoms with Gasteiger partial charge >= 0.3 is 17.9 Å². The maximum Gasteiger partial charge on any atom is 0.306 e. The quantitative estimate of drug-likeness (QED) is 0.0261. The molecule has 1 atom stereocenters. The third-order valence-corrected chi connectivity index (χ3v) is 14.2. The van der Waals surface area contributed by atoms with Crippen LogP contribution in [-0.2, 0) is 28.6 Å². The molecule has 0 saturated heterocycles. The summed E-state index contributed by atoms with van der Waals surface area (Å²) < 4.78 is 16.8. The molecule has 0 aliphatic heterocycles. The van der Waals surface area contributed by atoms with Crippen LogP contribution in [0, 0.1) is 0 Å². The van der Waals surface area contributed by atoms with E-state index in [-0.39, 0.29) is 31.1 Å². The molecule has 0 aromatic rings. The largest absolute Gasteiger partial charge is 0.462 e. The number of allylic oxidation sites excluding steroid dienone is 4. The van der Waals surface area contributed by atoms with Crippen LogP contribution in [0.25, 0.3) is 0 Å². The molecule has 0 fully saturated rings. The summed E-state index contributed by atoms with van der Waals surface area (Å²) in [5, 5.41) is 0. The van der Waals surface area contributed by atoms with Gasteiger partial charge in [-0.05, 0) is 51.4 Å². The lowest BCUT2D eigenvalue weighted by molar-refractivity contribution is -0.167. The summed E-state index contributed by atoms with van der Waals surface area (Å²) in [6.07, 6.45) is 70.8. The van der Waals surface area contributed by atoms with Crippen molar-refractivity contribution in [1.82, 2.24) is 0 Å². The molecule has 0 aliphatic rings. The maximum atomic E-state index is 12.8. The number of hydrogen-bond donors (Lipinski definition) is 0. The third-order valence-electron chi connectivity index (χ3n) is 14.2. The van der Waals surface area contributed by atoms with Crippen molar-refractivity contribution in [3.8, 4) is 0 Å². The molecule has 1 unspecified atom stereocenters. The van der Waals surface area contributed by atoms with Crippen LogP contribution in [0.15, 0.2) is 24.3 Å². The van der Waals surface area contributed by atoms with Crippen molar-refractivity contribution in [3.05, 3.63) is 24.3 Å². The molecule has 412 valence electrons. The van der Waals surface area contributed by atoms with Crippen LogP contribution < -0.4 is 0 Å². The van der Waals surface area contributed by atoms with Crippen molar-refractivity contribution in [2.45, 2.75) is 354 Å². The lowest BCUT2D eigenvalue weighted by atomic mass is 10.0. The van der Waals surface area contributed by atoms with Crippen LogP contribution in [-0.4, -0.2) is 37.2 Å². The van der Waals surface area contributed by atoms with Gasteiger partial charge in [-0.3, -0.25) is 14.4 Å². The van der Waals surface area contributed by atoms with Gasteiger partial charge in [0, 0.05) is 19.3 Å². The van der Waals surface area contributed by atoms with Crippen LogP contribution in [0.2, 0.25) is 0 Å². The Morgan fingerprint density at radius 3 is 0.814 bits per heavy atom. The second kappa shape index (κ2) is 59.5. The molecule has 0 heterocycles. The van der Waals surface area contributed by atoms with Crippen molar-refractivity contribution in [1.29, 1.82) is 0 Å². The smallest absolute Gasteiger partial charge is 0.306 e. The number of hydrogen-bond acceptors (Lipinski definition) is 6. The number of unbranched alkanes of at least 4 members (excludes halogenated alkanes) is 43. The van der Waals surface area contributed by atoms with Gasteiger partial charge in [0.1, 0.15) is 13.2 Å². The van der Waals surface area contributed by atoms with E-state index in [0.717, 1.165) is 64.2 Å². The predicted octanol–water partition coefficient (Wildman–Crippen LogP) is 21.1. The number of rotatable bonds is 58. The van der Waals surface area contributed by atoms with Crippen molar-refractivity contribution < 1.29 is 28.6 Å². The second-order valence-electron chi connectivity index (χ2n) is 21.3. The lowest BCUT2D eigenvalue weighted by Crippen LogP contribution is -2.30. The molecule has 6 nitrogen and oxygen atoms in total. The minimum Gasteiger partial charge on any atom is -0.462 e. The van der Waals surface area contributed by atoms with E-state index in [0.29, 0.717) is 19.3 Å². The minimum absolute atomic E-state index is 0.0683. The van der Waals surface area contributed by atoms with E-state index in [4.69, 9.17) is 14.2 Å². The van der Waals surface area contributed by atoms with E-state index >= 15 is 0 Å². The Bertz CT molecular complexity index is 1130. The van der Waals surface area contributed by atoms with Crippen LogP contribution in [0.3, 0.4) is 0 Å². The Labute approximate surface area is 436 Å². The van der Waals surface area contributed by atoms with Crippen molar-refractivity contribution in [2.24, 2.45) is 0 Å². The molecule has 0 aromatic carbocycles.